The van der Waals surface area contributed by atoms with Crippen molar-refractivity contribution in [1.29, 1.82) is 0 Å². The molecule has 0 amide bonds. The monoisotopic (exact) mass is 430 g/mol. The molecule has 31 heavy (non-hydrogen) atoms. The number of aliphatic hydroxyl groups is 3. The summed E-state index contributed by atoms with van der Waals surface area (Å²) in [7, 11) is 0. The van der Waals surface area contributed by atoms with E-state index >= 15 is 0 Å². The summed E-state index contributed by atoms with van der Waals surface area (Å²) in [5, 5.41) is 30.7. The number of hydrogen-bond donors (Lipinski definition) is 3. The van der Waals surface area contributed by atoms with E-state index in [4.69, 9.17) is 0 Å². The predicted octanol–water partition coefficient (Wildman–Crippen LogP) is 5.95. The van der Waals surface area contributed by atoms with Gasteiger partial charge in [0, 0.05) is 5.92 Å². The van der Waals surface area contributed by atoms with Crippen LogP contribution in [-0.2, 0) is 0 Å². The van der Waals surface area contributed by atoms with Crippen molar-refractivity contribution in [3.63, 3.8) is 0 Å². The molecule has 7 atom stereocenters. The fraction of sp³-hybridized carbons (Fsp3) is 0.786. The Morgan fingerprint density at radius 3 is 2.61 bits per heavy atom. The maximum absolute atomic E-state index is 10.4. The zero-order valence-corrected chi connectivity index (χ0v) is 20.5. The van der Waals surface area contributed by atoms with Gasteiger partial charge in [-0.15, -0.1) is 0 Å². The van der Waals surface area contributed by atoms with Crippen LogP contribution < -0.4 is 0 Å². The molecule has 0 aromatic heterocycles. The van der Waals surface area contributed by atoms with Crippen molar-refractivity contribution in [2.45, 2.75) is 110 Å². The molecule has 0 aliphatic heterocycles. The minimum absolute atomic E-state index is 0.149. The molecular formula is C28H46O3. The second kappa shape index (κ2) is 9.53. The molecule has 0 aromatic rings. The summed E-state index contributed by atoms with van der Waals surface area (Å²) in [5.74, 6) is 1.94. The van der Waals surface area contributed by atoms with Crippen molar-refractivity contribution in [3.05, 3.63) is 35.5 Å². The van der Waals surface area contributed by atoms with Crippen molar-refractivity contribution >= 4 is 0 Å². The first-order chi connectivity index (χ1) is 14.4. The van der Waals surface area contributed by atoms with Crippen LogP contribution in [0.3, 0.4) is 0 Å². The van der Waals surface area contributed by atoms with E-state index in [9.17, 15) is 15.3 Å². The highest BCUT2D eigenvalue weighted by atomic mass is 16.3. The van der Waals surface area contributed by atoms with Gasteiger partial charge in [-0.05, 0) is 93.1 Å². The molecule has 0 spiro atoms. The molecule has 1 unspecified atom stereocenters. The van der Waals surface area contributed by atoms with Crippen molar-refractivity contribution in [3.8, 4) is 0 Å². The van der Waals surface area contributed by atoms with E-state index < -0.39 is 17.8 Å². The minimum Gasteiger partial charge on any atom is -0.392 e. The lowest BCUT2D eigenvalue weighted by Gasteiger charge is -2.44. The molecule has 0 bridgehead atoms. The molecule has 0 aromatic carbocycles. The van der Waals surface area contributed by atoms with Crippen LogP contribution >= 0.6 is 0 Å². The summed E-state index contributed by atoms with van der Waals surface area (Å²) < 4.78 is 0. The molecular weight excluding hydrogens is 384 g/mol. The van der Waals surface area contributed by atoms with Crippen LogP contribution in [0.4, 0.5) is 0 Å². The lowest BCUT2D eigenvalue weighted by atomic mass is 9.60. The molecule has 3 rings (SSSR count). The van der Waals surface area contributed by atoms with Crippen molar-refractivity contribution in [2.24, 2.45) is 29.1 Å². The molecule has 3 saturated carbocycles. The normalized spacial score (nSPS) is 40.4. The van der Waals surface area contributed by atoms with E-state index in [1.165, 1.54) is 32.1 Å². The average Bonchev–Trinajstić information content (AvgIpc) is 3.04. The Kier molecular flexibility index (Phi) is 7.61. The Labute approximate surface area is 190 Å². The fourth-order valence-corrected chi connectivity index (χ4v) is 6.91. The largest absolute Gasteiger partial charge is 0.392 e. The van der Waals surface area contributed by atoms with E-state index in [0.717, 1.165) is 36.3 Å². The van der Waals surface area contributed by atoms with Crippen molar-refractivity contribution < 1.29 is 15.3 Å². The third kappa shape index (κ3) is 5.37. The van der Waals surface area contributed by atoms with Gasteiger partial charge in [-0.2, -0.15) is 0 Å². The standard InChI is InChI=1S/C28H46O3/c1-18(9-7-15-27(4,5)31)23-13-14-24-21(10-8-16-28(23,24)6)11-12-22-17-25(29)20(3)26(30)19(22)2/h11-12,18,20,23-26,29-31H,2,7-10,13-17H2,1,3-6H3/b21-11+,22-12-/t18-,20+,23-,24?,25+,26-,28-/m1/s1. The molecule has 3 fully saturated rings. The number of fused-ring (bicyclic) bond motifs is 1. The van der Waals surface area contributed by atoms with Crippen LogP contribution in [0.1, 0.15) is 92.4 Å². The molecule has 0 heterocycles. The van der Waals surface area contributed by atoms with Gasteiger partial charge in [-0.1, -0.05) is 57.9 Å². The van der Waals surface area contributed by atoms with Crippen LogP contribution in [0.15, 0.2) is 35.5 Å². The molecule has 0 radical (unpaired) electrons. The number of aliphatic hydroxyl groups excluding tert-OH is 2. The summed E-state index contributed by atoms with van der Waals surface area (Å²) >= 11 is 0. The maximum Gasteiger partial charge on any atom is 0.0837 e. The highest BCUT2D eigenvalue weighted by Gasteiger charge is 2.50. The van der Waals surface area contributed by atoms with Crippen LogP contribution in [0, 0.1) is 29.1 Å². The number of rotatable bonds is 6. The van der Waals surface area contributed by atoms with E-state index in [1.54, 1.807) is 5.57 Å². The molecule has 3 nitrogen and oxygen atoms in total. The first-order valence-corrected chi connectivity index (χ1v) is 12.6. The van der Waals surface area contributed by atoms with E-state index in [2.05, 4.69) is 32.6 Å². The highest BCUT2D eigenvalue weighted by molar-refractivity contribution is 5.39. The SMILES string of the molecule is C=C1/C(=C\C=C2/CCC[C@@]3(C)C2CC[C@@H]3[C@H](C)CCCC(C)(C)O)C[C@H](O)[C@H](C)[C@@H]1O. The molecule has 3 N–H and O–H groups in total. The Balaban J connectivity index is 1.71. The molecule has 0 saturated heterocycles. The Morgan fingerprint density at radius 2 is 1.94 bits per heavy atom. The molecule has 176 valence electrons. The van der Waals surface area contributed by atoms with Crippen LogP contribution in [0.5, 0.6) is 0 Å². The van der Waals surface area contributed by atoms with Gasteiger partial charge in [0.05, 0.1) is 17.8 Å². The quantitative estimate of drug-likeness (QED) is 0.488. The van der Waals surface area contributed by atoms with Gasteiger partial charge in [-0.3, -0.25) is 0 Å². The van der Waals surface area contributed by atoms with Gasteiger partial charge in [0.15, 0.2) is 0 Å². The van der Waals surface area contributed by atoms with Gasteiger partial charge >= 0.3 is 0 Å². The van der Waals surface area contributed by atoms with Gasteiger partial charge < -0.3 is 15.3 Å². The Bertz CT molecular complexity index is 712. The zero-order valence-electron chi connectivity index (χ0n) is 20.5. The average molecular weight is 431 g/mol. The smallest absolute Gasteiger partial charge is 0.0837 e. The summed E-state index contributed by atoms with van der Waals surface area (Å²) in [5.41, 5.74) is 3.15. The predicted molar refractivity (Wildman–Crippen MR) is 129 cm³/mol. The topological polar surface area (TPSA) is 60.7 Å². The summed E-state index contributed by atoms with van der Waals surface area (Å²) in [6, 6.07) is 0. The summed E-state index contributed by atoms with van der Waals surface area (Å²) in [4.78, 5) is 0. The lowest BCUT2D eigenvalue weighted by molar-refractivity contribution is 0.0283. The zero-order chi connectivity index (χ0) is 23.0. The second-order valence-corrected chi connectivity index (χ2v) is 11.8. The lowest BCUT2D eigenvalue weighted by Crippen LogP contribution is -2.36. The van der Waals surface area contributed by atoms with Gasteiger partial charge in [0.2, 0.25) is 0 Å². The van der Waals surface area contributed by atoms with Crippen LogP contribution in [0.2, 0.25) is 0 Å². The number of hydrogen-bond acceptors (Lipinski definition) is 3. The maximum atomic E-state index is 10.4. The third-order valence-electron chi connectivity index (χ3n) is 8.97. The fourth-order valence-electron chi connectivity index (χ4n) is 6.91. The first-order valence-electron chi connectivity index (χ1n) is 12.6. The van der Waals surface area contributed by atoms with E-state index in [-0.39, 0.29) is 5.92 Å². The Morgan fingerprint density at radius 1 is 1.23 bits per heavy atom. The molecule has 3 aliphatic rings. The van der Waals surface area contributed by atoms with Crippen molar-refractivity contribution in [1.82, 2.24) is 0 Å². The van der Waals surface area contributed by atoms with Crippen LogP contribution in [0.25, 0.3) is 0 Å². The second-order valence-electron chi connectivity index (χ2n) is 11.8. The van der Waals surface area contributed by atoms with Crippen LogP contribution in [-0.4, -0.2) is 33.1 Å². The van der Waals surface area contributed by atoms with E-state index in [1.807, 2.05) is 20.8 Å². The first kappa shape index (κ1) is 24.7. The van der Waals surface area contributed by atoms with Crippen molar-refractivity contribution in [2.75, 3.05) is 0 Å². The highest BCUT2D eigenvalue weighted by Crippen LogP contribution is 2.60. The van der Waals surface area contributed by atoms with Gasteiger partial charge in [0.1, 0.15) is 0 Å². The third-order valence-corrected chi connectivity index (χ3v) is 8.97. The van der Waals surface area contributed by atoms with Gasteiger partial charge in [-0.25, -0.2) is 0 Å². The molecule has 3 heteroatoms. The summed E-state index contributed by atoms with van der Waals surface area (Å²) in [6.07, 6.45) is 13.4. The Hall–Kier alpha value is -0.900. The van der Waals surface area contributed by atoms with E-state index in [0.29, 0.717) is 23.7 Å². The van der Waals surface area contributed by atoms with Gasteiger partial charge in [0.25, 0.3) is 0 Å². The minimum atomic E-state index is -0.648. The molecule has 3 aliphatic carbocycles. The number of allylic oxidation sites excluding steroid dienone is 3. The summed E-state index contributed by atoms with van der Waals surface area (Å²) in [6.45, 7) is 14.8.